The van der Waals surface area contributed by atoms with Gasteiger partial charge in [0.25, 0.3) is 0 Å². The molecule has 43 heavy (non-hydrogen) atoms. The van der Waals surface area contributed by atoms with Crippen LogP contribution in [-0.4, -0.2) is 52.8 Å². The van der Waals surface area contributed by atoms with Gasteiger partial charge in [-0.2, -0.15) is 0 Å². The maximum absolute atomic E-state index is 11.6. The summed E-state index contributed by atoms with van der Waals surface area (Å²) in [5, 5.41) is 23.1. The lowest BCUT2D eigenvalue weighted by atomic mass is 9.77. The highest BCUT2D eigenvalue weighted by Gasteiger charge is 2.49. The van der Waals surface area contributed by atoms with Crippen molar-refractivity contribution in [3.8, 4) is 17.2 Å². The lowest BCUT2D eigenvalue weighted by molar-refractivity contribution is -0.165. The van der Waals surface area contributed by atoms with Crippen molar-refractivity contribution in [3.05, 3.63) is 29.3 Å². The standard InChI is InChI=1S/C35H64O6Si2/c1-17-18-26-28(30(37)33(38-12)24(4)29(26)36)32-25(5)31(41-43(15,16)35(9,10)11)23(3)27(40-32)20-19-22(2)21-39-42(13,14)34(6,7)8/h17,22-23,25,27,31-32,36-37H,1,18-21H2,2-16H3/t22-,23-,25+,27+,31-,32+/m0/s1. The summed E-state index contributed by atoms with van der Waals surface area (Å²) in [5.74, 6) is 0.900. The summed E-state index contributed by atoms with van der Waals surface area (Å²) in [4.78, 5) is 0. The largest absolute Gasteiger partial charge is 0.507 e. The van der Waals surface area contributed by atoms with E-state index < -0.39 is 22.7 Å². The van der Waals surface area contributed by atoms with Gasteiger partial charge >= 0.3 is 0 Å². The summed E-state index contributed by atoms with van der Waals surface area (Å²) in [7, 11) is -2.44. The Bertz CT molecular complexity index is 1100. The molecule has 1 fully saturated rings. The second kappa shape index (κ2) is 14.0. The summed E-state index contributed by atoms with van der Waals surface area (Å²) in [6.45, 7) is 36.0. The molecule has 0 unspecified atom stereocenters. The van der Waals surface area contributed by atoms with E-state index >= 15 is 0 Å². The van der Waals surface area contributed by atoms with Crippen molar-refractivity contribution < 1.29 is 28.5 Å². The molecular formula is C35H64O6Si2. The van der Waals surface area contributed by atoms with E-state index in [-0.39, 0.29) is 51.4 Å². The highest BCUT2D eigenvalue weighted by Crippen LogP contribution is 2.53. The summed E-state index contributed by atoms with van der Waals surface area (Å²) >= 11 is 0. The maximum atomic E-state index is 11.6. The first-order valence-electron chi connectivity index (χ1n) is 16.2. The monoisotopic (exact) mass is 636 g/mol. The second-order valence-electron chi connectivity index (χ2n) is 16.2. The lowest BCUT2D eigenvalue weighted by Gasteiger charge is -2.50. The van der Waals surface area contributed by atoms with Crippen LogP contribution < -0.4 is 4.74 Å². The van der Waals surface area contributed by atoms with E-state index in [0.29, 0.717) is 29.0 Å². The molecule has 0 saturated carbocycles. The van der Waals surface area contributed by atoms with Gasteiger partial charge in [-0.15, -0.1) is 6.58 Å². The van der Waals surface area contributed by atoms with Crippen LogP contribution in [0.2, 0.25) is 36.3 Å². The number of phenolic OH excluding ortho intramolecular Hbond substituents is 2. The van der Waals surface area contributed by atoms with Gasteiger partial charge in [0.05, 0.1) is 25.4 Å². The van der Waals surface area contributed by atoms with Crippen LogP contribution in [0.3, 0.4) is 0 Å². The molecule has 0 aliphatic carbocycles. The predicted octanol–water partition coefficient (Wildman–Crippen LogP) is 9.68. The van der Waals surface area contributed by atoms with Gasteiger partial charge < -0.3 is 28.5 Å². The molecule has 8 heteroatoms. The Morgan fingerprint density at radius 3 is 2.00 bits per heavy atom. The van der Waals surface area contributed by atoms with E-state index in [9.17, 15) is 10.2 Å². The quantitative estimate of drug-likeness (QED) is 0.135. The highest BCUT2D eigenvalue weighted by molar-refractivity contribution is 6.74. The van der Waals surface area contributed by atoms with Gasteiger partial charge in [-0.05, 0) is 68.4 Å². The van der Waals surface area contributed by atoms with E-state index in [4.69, 9.17) is 18.3 Å². The molecule has 2 N–H and O–H groups in total. The molecule has 6 atom stereocenters. The van der Waals surface area contributed by atoms with Crippen molar-refractivity contribution in [2.75, 3.05) is 13.7 Å². The number of aromatic hydroxyl groups is 2. The van der Waals surface area contributed by atoms with E-state index in [1.54, 1.807) is 13.0 Å². The first-order chi connectivity index (χ1) is 19.5. The molecule has 0 spiro atoms. The Morgan fingerprint density at radius 1 is 0.953 bits per heavy atom. The molecule has 0 radical (unpaired) electrons. The third-order valence-electron chi connectivity index (χ3n) is 10.8. The van der Waals surface area contributed by atoms with Crippen LogP contribution in [0.25, 0.3) is 0 Å². The molecule has 1 aromatic rings. The summed E-state index contributed by atoms with van der Waals surface area (Å²) < 4.78 is 26.3. The van der Waals surface area contributed by atoms with Gasteiger partial charge in [0.15, 0.2) is 28.1 Å². The predicted molar refractivity (Wildman–Crippen MR) is 185 cm³/mol. The van der Waals surface area contributed by atoms with Gasteiger partial charge in [0, 0.05) is 35.1 Å². The minimum Gasteiger partial charge on any atom is -0.507 e. The average molecular weight is 637 g/mol. The van der Waals surface area contributed by atoms with Crippen molar-refractivity contribution in [2.24, 2.45) is 17.8 Å². The number of phenols is 2. The first-order valence-corrected chi connectivity index (χ1v) is 22.0. The number of hydrogen-bond acceptors (Lipinski definition) is 6. The van der Waals surface area contributed by atoms with Crippen LogP contribution in [-0.2, 0) is 20.0 Å². The summed E-state index contributed by atoms with van der Waals surface area (Å²) in [6.07, 6.45) is 3.34. The summed E-state index contributed by atoms with van der Waals surface area (Å²) in [6, 6.07) is 0. The Balaban J connectivity index is 2.53. The van der Waals surface area contributed by atoms with Crippen molar-refractivity contribution in [3.63, 3.8) is 0 Å². The van der Waals surface area contributed by atoms with Crippen LogP contribution in [0.1, 0.15) is 97.9 Å². The molecule has 0 aromatic heterocycles. The van der Waals surface area contributed by atoms with E-state index in [1.165, 1.54) is 7.11 Å². The van der Waals surface area contributed by atoms with Crippen LogP contribution in [0, 0.1) is 24.7 Å². The molecule has 1 aromatic carbocycles. The Labute approximate surface area is 265 Å². The van der Waals surface area contributed by atoms with Crippen LogP contribution >= 0.6 is 0 Å². The topological polar surface area (TPSA) is 77.4 Å². The zero-order valence-electron chi connectivity index (χ0n) is 30.1. The van der Waals surface area contributed by atoms with Gasteiger partial charge in [-0.1, -0.05) is 68.4 Å². The Morgan fingerprint density at radius 2 is 1.51 bits per heavy atom. The zero-order valence-corrected chi connectivity index (χ0v) is 32.1. The third-order valence-corrected chi connectivity index (χ3v) is 19.7. The molecule has 248 valence electrons. The summed E-state index contributed by atoms with van der Waals surface area (Å²) in [5.41, 5.74) is 1.74. The minimum absolute atomic E-state index is 0.0296. The number of ether oxygens (including phenoxy) is 2. The molecule has 0 amide bonds. The van der Waals surface area contributed by atoms with Gasteiger partial charge in [-0.25, -0.2) is 0 Å². The molecule has 2 rings (SSSR count). The molecule has 1 aliphatic rings. The zero-order chi connectivity index (χ0) is 33.3. The highest BCUT2D eigenvalue weighted by atomic mass is 28.4. The first kappa shape index (κ1) is 37.9. The SMILES string of the molecule is C=CCc1c(O)c(C)c(OC)c(O)c1[C@@H]1O[C@H](CC[C@H](C)CO[Si](C)(C)C(C)(C)C)[C@H](C)[C@H](O[Si](C)(C)C(C)(C)C)[C@H]1C. The second-order valence-corrected chi connectivity index (χ2v) is 25.7. The number of allylic oxidation sites excluding steroid dienone is 1. The van der Waals surface area contributed by atoms with Gasteiger partial charge in [0.1, 0.15) is 5.75 Å². The lowest BCUT2D eigenvalue weighted by Crippen LogP contribution is -2.53. The molecule has 1 saturated heterocycles. The molecule has 0 bridgehead atoms. The van der Waals surface area contributed by atoms with Crippen LogP contribution in [0.4, 0.5) is 0 Å². The van der Waals surface area contributed by atoms with E-state index in [2.05, 4.69) is 95.1 Å². The smallest absolute Gasteiger partial charge is 0.192 e. The van der Waals surface area contributed by atoms with Crippen LogP contribution in [0.5, 0.6) is 17.2 Å². The van der Waals surface area contributed by atoms with Gasteiger partial charge in [0.2, 0.25) is 0 Å². The number of benzene rings is 1. The minimum atomic E-state index is -2.14. The molecular weight excluding hydrogens is 573 g/mol. The van der Waals surface area contributed by atoms with Crippen molar-refractivity contribution in [2.45, 2.75) is 143 Å². The molecule has 6 nitrogen and oxygen atoms in total. The fourth-order valence-corrected chi connectivity index (χ4v) is 8.20. The Hall–Kier alpha value is -1.33. The number of rotatable bonds is 12. The molecule has 1 heterocycles. The van der Waals surface area contributed by atoms with Crippen LogP contribution in [0.15, 0.2) is 12.7 Å². The van der Waals surface area contributed by atoms with E-state index in [0.717, 1.165) is 19.4 Å². The number of hydrogen-bond donors (Lipinski definition) is 2. The molecule has 1 aliphatic heterocycles. The third kappa shape index (κ3) is 8.29. The van der Waals surface area contributed by atoms with E-state index in [1.807, 2.05) is 0 Å². The number of methoxy groups -OCH3 is 1. The van der Waals surface area contributed by atoms with Crippen molar-refractivity contribution >= 4 is 16.6 Å². The Kier molecular flexibility index (Phi) is 12.3. The maximum Gasteiger partial charge on any atom is 0.192 e. The van der Waals surface area contributed by atoms with Crippen molar-refractivity contribution in [1.82, 2.24) is 0 Å². The average Bonchev–Trinajstić information content (AvgIpc) is 2.88. The van der Waals surface area contributed by atoms with Gasteiger partial charge in [-0.3, -0.25) is 0 Å². The normalized spacial score (nSPS) is 24.6. The van der Waals surface area contributed by atoms with Crippen molar-refractivity contribution in [1.29, 1.82) is 0 Å². The fraction of sp³-hybridized carbons (Fsp3) is 0.771. The fourth-order valence-electron chi connectivity index (χ4n) is 5.60.